The van der Waals surface area contributed by atoms with Crippen molar-refractivity contribution in [1.82, 2.24) is 0 Å². The molecule has 0 heterocycles. The summed E-state index contributed by atoms with van der Waals surface area (Å²) in [6.45, 7) is 0. The Bertz CT molecular complexity index is 480. The first kappa shape index (κ1) is 12.4. The molecule has 0 spiro atoms. The van der Waals surface area contributed by atoms with Crippen molar-refractivity contribution >= 4 is 17.9 Å². The smallest absolute Gasteiger partial charge is 0.273 e. The fourth-order valence-corrected chi connectivity index (χ4v) is 1.07. The van der Waals surface area contributed by atoms with Crippen molar-refractivity contribution < 1.29 is 9.66 Å². The molecule has 0 unspecified atom stereocenters. The fraction of sp³-hybridized carbons (Fsp3) is 0.111. The van der Waals surface area contributed by atoms with Gasteiger partial charge in [-0.3, -0.25) is 10.1 Å². The van der Waals surface area contributed by atoms with Gasteiger partial charge in [-0.05, 0) is 6.07 Å². The first-order valence-corrected chi connectivity index (χ1v) is 4.48. The Morgan fingerprint density at radius 2 is 2.18 bits per heavy atom. The predicted octanol–water partition coefficient (Wildman–Crippen LogP) is 0.211. The molecular formula is C9H11N5O3. The number of hydrogen-bond donors (Lipinski definition) is 2. The standard InChI is InChI=1S/C9H11N5O3/c1-17-8-3-6(5-12-13-9(10)11)2-7(4-8)14(15)16/h2-5H,1H3,(H4,10,11,13). The highest BCUT2D eigenvalue weighted by Crippen LogP contribution is 2.21. The lowest BCUT2D eigenvalue weighted by molar-refractivity contribution is -0.384. The topological polar surface area (TPSA) is 129 Å². The summed E-state index contributed by atoms with van der Waals surface area (Å²) in [6, 6.07) is 4.20. The van der Waals surface area contributed by atoms with Gasteiger partial charge in [-0.2, -0.15) is 5.10 Å². The normalized spacial score (nSPS) is 10.2. The molecule has 0 aliphatic heterocycles. The lowest BCUT2D eigenvalue weighted by Gasteiger charge is -2.00. The fourth-order valence-electron chi connectivity index (χ4n) is 1.07. The van der Waals surface area contributed by atoms with Crippen LogP contribution in [0, 0.1) is 10.1 Å². The molecule has 1 aromatic carbocycles. The highest BCUT2D eigenvalue weighted by Gasteiger charge is 2.08. The summed E-state index contributed by atoms with van der Waals surface area (Å²) in [6.07, 6.45) is 1.29. The molecule has 0 saturated carbocycles. The number of hydrogen-bond acceptors (Lipinski definition) is 5. The SMILES string of the molecule is COc1cc(C=NN=C(N)N)cc([N+](=O)[O-])c1. The summed E-state index contributed by atoms with van der Waals surface area (Å²) in [5.41, 5.74) is 10.5. The summed E-state index contributed by atoms with van der Waals surface area (Å²) in [7, 11) is 1.41. The molecule has 0 atom stereocenters. The Balaban J connectivity index is 3.07. The van der Waals surface area contributed by atoms with Crippen LogP contribution in [0.15, 0.2) is 28.4 Å². The van der Waals surface area contributed by atoms with Gasteiger partial charge < -0.3 is 16.2 Å². The third-order valence-electron chi connectivity index (χ3n) is 1.74. The van der Waals surface area contributed by atoms with Gasteiger partial charge in [0.25, 0.3) is 5.69 Å². The molecule has 0 aliphatic carbocycles. The Morgan fingerprint density at radius 1 is 1.47 bits per heavy atom. The maximum atomic E-state index is 10.6. The zero-order chi connectivity index (χ0) is 12.8. The Kier molecular flexibility index (Phi) is 3.98. The van der Waals surface area contributed by atoms with Crippen LogP contribution >= 0.6 is 0 Å². The molecule has 17 heavy (non-hydrogen) atoms. The number of guanidine groups is 1. The average Bonchev–Trinajstić information content (AvgIpc) is 2.28. The van der Waals surface area contributed by atoms with Gasteiger partial charge in [-0.25, -0.2) is 0 Å². The zero-order valence-corrected chi connectivity index (χ0v) is 9.03. The zero-order valence-electron chi connectivity index (χ0n) is 9.03. The van der Waals surface area contributed by atoms with Crippen LogP contribution in [0.3, 0.4) is 0 Å². The third-order valence-corrected chi connectivity index (χ3v) is 1.74. The highest BCUT2D eigenvalue weighted by atomic mass is 16.6. The summed E-state index contributed by atoms with van der Waals surface area (Å²) in [4.78, 5) is 10.1. The first-order chi connectivity index (χ1) is 8.02. The maximum Gasteiger partial charge on any atom is 0.273 e. The minimum atomic E-state index is -0.527. The molecule has 0 aliphatic rings. The third kappa shape index (κ3) is 3.78. The number of benzene rings is 1. The molecule has 0 bridgehead atoms. The average molecular weight is 237 g/mol. The molecule has 1 aromatic rings. The van der Waals surface area contributed by atoms with Crippen LogP contribution in [0.25, 0.3) is 0 Å². The number of nitrogens with two attached hydrogens (primary N) is 2. The second-order valence-corrected chi connectivity index (χ2v) is 2.99. The second-order valence-electron chi connectivity index (χ2n) is 2.99. The van der Waals surface area contributed by atoms with Crippen molar-refractivity contribution in [2.75, 3.05) is 7.11 Å². The summed E-state index contributed by atoms with van der Waals surface area (Å²) in [5, 5.41) is 17.6. The lowest BCUT2D eigenvalue weighted by Crippen LogP contribution is -2.21. The van der Waals surface area contributed by atoms with Gasteiger partial charge >= 0.3 is 0 Å². The van der Waals surface area contributed by atoms with Gasteiger partial charge in [0.05, 0.1) is 24.3 Å². The molecule has 0 amide bonds. The van der Waals surface area contributed by atoms with E-state index in [0.717, 1.165) is 0 Å². The van der Waals surface area contributed by atoms with E-state index in [-0.39, 0.29) is 11.6 Å². The monoisotopic (exact) mass is 237 g/mol. The quantitative estimate of drug-likeness (QED) is 0.334. The molecule has 8 heteroatoms. The van der Waals surface area contributed by atoms with Crippen molar-refractivity contribution in [2.24, 2.45) is 21.7 Å². The van der Waals surface area contributed by atoms with E-state index in [1.807, 2.05) is 0 Å². The van der Waals surface area contributed by atoms with Crippen molar-refractivity contribution in [3.63, 3.8) is 0 Å². The van der Waals surface area contributed by atoms with Crippen LogP contribution in [0.1, 0.15) is 5.56 Å². The van der Waals surface area contributed by atoms with E-state index < -0.39 is 4.92 Å². The van der Waals surface area contributed by atoms with Crippen molar-refractivity contribution in [3.05, 3.63) is 33.9 Å². The van der Waals surface area contributed by atoms with E-state index in [2.05, 4.69) is 10.2 Å². The molecule has 8 nitrogen and oxygen atoms in total. The van der Waals surface area contributed by atoms with Crippen LogP contribution in [0.2, 0.25) is 0 Å². The largest absolute Gasteiger partial charge is 0.496 e. The van der Waals surface area contributed by atoms with Crippen LogP contribution < -0.4 is 16.2 Å². The number of non-ortho nitro benzene ring substituents is 1. The molecule has 4 N–H and O–H groups in total. The molecular weight excluding hydrogens is 226 g/mol. The summed E-state index contributed by atoms with van der Waals surface area (Å²) >= 11 is 0. The van der Waals surface area contributed by atoms with Gasteiger partial charge in [-0.1, -0.05) is 0 Å². The lowest BCUT2D eigenvalue weighted by atomic mass is 10.2. The Labute approximate surface area is 96.7 Å². The second kappa shape index (κ2) is 5.45. The van der Waals surface area contributed by atoms with Crippen molar-refractivity contribution in [2.45, 2.75) is 0 Å². The van der Waals surface area contributed by atoms with Crippen LogP contribution in [0.4, 0.5) is 5.69 Å². The van der Waals surface area contributed by atoms with E-state index in [0.29, 0.717) is 11.3 Å². The van der Waals surface area contributed by atoms with Gasteiger partial charge in [0.1, 0.15) is 5.75 Å². The van der Waals surface area contributed by atoms with Crippen molar-refractivity contribution in [3.8, 4) is 5.75 Å². The summed E-state index contributed by atoms with van der Waals surface area (Å²) < 4.78 is 4.92. The molecule has 0 radical (unpaired) electrons. The van der Waals surface area contributed by atoms with Crippen molar-refractivity contribution in [1.29, 1.82) is 0 Å². The minimum Gasteiger partial charge on any atom is -0.496 e. The van der Waals surface area contributed by atoms with E-state index in [1.165, 1.54) is 25.5 Å². The van der Waals surface area contributed by atoms with E-state index in [1.54, 1.807) is 6.07 Å². The summed E-state index contributed by atoms with van der Waals surface area (Å²) in [5.74, 6) is 0.156. The number of nitro groups is 1. The van der Waals surface area contributed by atoms with Crippen LogP contribution in [0.5, 0.6) is 5.75 Å². The van der Waals surface area contributed by atoms with E-state index in [4.69, 9.17) is 16.2 Å². The van der Waals surface area contributed by atoms with Crippen LogP contribution in [-0.4, -0.2) is 24.2 Å². The van der Waals surface area contributed by atoms with Gasteiger partial charge in [0, 0.05) is 11.6 Å². The number of methoxy groups -OCH3 is 1. The Hall–Kier alpha value is -2.64. The molecule has 1 rings (SSSR count). The first-order valence-electron chi connectivity index (χ1n) is 4.48. The van der Waals surface area contributed by atoms with Gasteiger partial charge in [0.2, 0.25) is 5.96 Å². The van der Waals surface area contributed by atoms with Crippen LogP contribution in [-0.2, 0) is 0 Å². The van der Waals surface area contributed by atoms with Gasteiger partial charge in [-0.15, -0.1) is 5.10 Å². The molecule has 0 aromatic heterocycles. The number of rotatable bonds is 4. The predicted molar refractivity (Wildman–Crippen MR) is 63.1 cm³/mol. The number of nitro benzene ring substituents is 1. The molecule has 0 saturated heterocycles. The number of nitrogens with zero attached hydrogens (tertiary/aromatic N) is 3. The molecule has 90 valence electrons. The van der Waals surface area contributed by atoms with E-state index >= 15 is 0 Å². The van der Waals surface area contributed by atoms with E-state index in [9.17, 15) is 10.1 Å². The Morgan fingerprint density at radius 3 is 2.71 bits per heavy atom. The van der Waals surface area contributed by atoms with Gasteiger partial charge in [0.15, 0.2) is 0 Å². The minimum absolute atomic E-state index is 0.101. The molecule has 0 fully saturated rings. The maximum absolute atomic E-state index is 10.6. The highest BCUT2D eigenvalue weighted by molar-refractivity contribution is 5.83. The number of ether oxygens (including phenoxy) is 1.